The van der Waals surface area contributed by atoms with Crippen molar-refractivity contribution in [3.05, 3.63) is 66.0 Å². The van der Waals surface area contributed by atoms with Crippen LogP contribution in [0.15, 0.2) is 55.1 Å². The van der Waals surface area contributed by atoms with E-state index in [0.29, 0.717) is 46.0 Å². The van der Waals surface area contributed by atoms with Crippen LogP contribution in [-0.2, 0) is 16.1 Å². The highest BCUT2D eigenvalue weighted by Crippen LogP contribution is 2.38. The van der Waals surface area contributed by atoms with Gasteiger partial charge in [0.25, 0.3) is 5.95 Å². The molecule has 0 radical (unpaired) electrons. The number of halogens is 1. The summed E-state index contributed by atoms with van der Waals surface area (Å²) in [4.78, 5) is 12.7. The van der Waals surface area contributed by atoms with Gasteiger partial charge in [-0.25, -0.2) is 9.97 Å². The smallest absolute Gasteiger partial charge is 0.271 e. The molecule has 4 rings (SSSR count). The van der Waals surface area contributed by atoms with Crippen molar-refractivity contribution in [2.24, 2.45) is 0 Å². The van der Waals surface area contributed by atoms with Crippen LogP contribution in [0.1, 0.15) is 25.8 Å². The number of hydrogen-bond acceptors (Lipinski definition) is 10. The molecule has 0 spiro atoms. The third-order valence-corrected chi connectivity index (χ3v) is 6.91. The summed E-state index contributed by atoms with van der Waals surface area (Å²) in [7, 11) is 3.11. The summed E-state index contributed by atoms with van der Waals surface area (Å²) in [5.74, 6) is 2.04. The minimum Gasteiger partial charge on any atom is -0.593 e. The number of ether oxygens (including phenoxy) is 3. The molecular formula is C24H26ClN7O4S. The van der Waals surface area contributed by atoms with Crippen LogP contribution >= 0.6 is 11.6 Å². The number of methoxy groups -OCH3 is 2. The average molecular weight is 544 g/mol. The number of benzene rings is 1. The predicted octanol–water partition coefficient (Wildman–Crippen LogP) is 4.03. The van der Waals surface area contributed by atoms with Crippen molar-refractivity contribution in [3.63, 3.8) is 0 Å². The molecule has 0 aliphatic carbocycles. The topological polar surface area (TPSA) is 132 Å². The van der Waals surface area contributed by atoms with Crippen molar-refractivity contribution in [3.8, 4) is 28.6 Å². The number of nitrogens with one attached hydrogen (secondary N) is 1. The molecule has 3 heterocycles. The lowest BCUT2D eigenvalue weighted by Crippen LogP contribution is -2.34. The standard InChI is InChI=1S/C24H26ClN7O4S/c1-5-36-21(22-27-13-17(25)14-28-22)15(2)37(33)31-24-30-29-23(16-8-7-11-26-12-16)32(24)20-18(34-3)9-6-10-19(20)35-4/h6-15,21H,5H2,1-4H3,(H,30,31). The van der Waals surface area contributed by atoms with E-state index in [4.69, 9.17) is 25.8 Å². The lowest BCUT2D eigenvalue weighted by atomic mass is 10.2. The molecule has 3 atom stereocenters. The molecule has 37 heavy (non-hydrogen) atoms. The molecule has 0 saturated carbocycles. The molecule has 194 valence electrons. The Kier molecular flexibility index (Phi) is 8.77. The van der Waals surface area contributed by atoms with Crippen LogP contribution in [0.5, 0.6) is 11.5 Å². The van der Waals surface area contributed by atoms with E-state index in [-0.39, 0.29) is 5.95 Å². The third-order valence-electron chi connectivity index (χ3n) is 5.41. The molecule has 13 heteroatoms. The molecule has 11 nitrogen and oxygen atoms in total. The normalized spacial score (nSPS) is 13.6. The molecule has 4 aromatic rings. The van der Waals surface area contributed by atoms with Gasteiger partial charge in [0.1, 0.15) is 17.2 Å². The molecule has 0 aliphatic rings. The summed E-state index contributed by atoms with van der Waals surface area (Å²) in [6.07, 6.45) is 5.62. The number of hydrogen-bond donors (Lipinski definition) is 1. The van der Waals surface area contributed by atoms with Crippen LogP contribution in [0.25, 0.3) is 17.1 Å². The lowest BCUT2D eigenvalue weighted by Gasteiger charge is -2.25. The Morgan fingerprint density at radius 2 is 1.76 bits per heavy atom. The van der Waals surface area contributed by atoms with Crippen LogP contribution < -0.4 is 14.2 Å². The van der Waals surface area contributed by atoms with E-state index in [9.17, 15) is 4.55 Å². The van der Waals surface area contributed by atoms with Crippen molar-refractivity contribution in [1.82, 2.24) is 29.7 Å². The predicted molar refractivity (Wildman–Crippen MR) is 140 cm³/mol. The van der Waals surface area contributed by atoms with Gasteiger partial charge in [0, 0.05) is 37.0 Å². The molecule has 1 N–H and O–H groups in total. The summed E-state index contributed by atoms with van der Waals surface area (Å²) in [6, 6.07) is 9.03. The maximum atomic E-state index is 13.6. The van der Waals surface area contributed by atoms with Crippen LogP contribution in [0.4, 0.5) is 5.95 Å². The highest BCUT2D eigenvalue weighted by molar-refractivity contribution is 7.93. The number of pyridine rings is 1. The zero-order valence-corrected chi connectivity index (χ0v) is 22.2. The number of rotatable bonds is 11. The van der Waals surface area contributed by atoms with Gasteiger partial charge in [0.05, 0.1) is 30.6 Å². The Morgan fingerprint density at radius 1 is 1.05 bits per heavy atom. The summed E-state index contributed by atoms with van der Waals surface area (Å²) >= 11 is 4.23. The zero-order valence-electron chi connectivity index (χ0n) is 20.7. The van der Waals surface area contributed by atoms with Gasteiger partial charge in [-0.3, -0.25) is 9.55 Å². The van der Waals surface area contributed by atoms with Crippen molar-refractivity contribution >= 4 is 28.9 Å². The highest BCUT2D eigenvalue weighted by atomic mass is 35.5. The Hall–Kier alpha value is -3.45. The molecule has 3 aromatic heterocycles. The Bertz CT molecular complexity index is 1290. The van der Waals surface area contributed by atoms with Gasteiger partial charge in [-0.05, 0) is 38.1 Å². The Balaban J connectivity index is 1.76. The molecule has 0 saturated heterocycles. The number of para-hydroxylation sites is 1. The van der Waals surface area contributed by atoms with Gasteiger partial charge in [0.15, 0.2) is 23.0 Å². The Morgan fingerprint density at radius 3 is 2.35 bits per heavy atom. The van der Waals surface area contributed by atoms with Gasteiger partial charge in [0.2, 0.25) is 0 Å². The first-order valence-corrected chi connectivity index (χ1v) is 12.9. The van der Waals surface area contributed by atoms with Gasteiger partial charge in [-0.1, -0.05) is 17.7 Å². The average Bonchev–Trinajstić information content (AvgIpc) is 3.34. The van der Waals surface area contributed by atoms with E-state index in [1.165, 1.54) is 12.4 Å². The molecular weight excluding hydrogens is 518 g/mol. The van der Waals surface area contributed by atoms with Crippen LogP contribution in [0.3, 0.4) is 0 Å². The largest absolute Gasteiger partial charge is 0.593 e. The number of aromatic nitrogens is 6. The second-order valence-electron chi connectivity index (χ2n) is 7.68. The van der Waals surface area contributed by atoms with Gasteiger partial charge in [-0.2, -0.15) is 4.72 Å². The van der Waals surface area contributed by atoms with Crippen molar-refractivity contribution in [1.29, 1.82) is 0 Å². The third kappa shape index (κ3) is 5.77. The van der Waals surface area contributed by atoms with Crippen LogP contribution in [0, 0.1) is 0 Å². The summed E-state index contributed by atoms with van der Waals surface area (Å²) in [5.41, 5.74) is 1.22. The highest BCUT2D eigenvalue weighted by Gasteiger charge is 2.34. The van der Waals surface area contributed by atoms with E-state index in [0.717, 1.165) is 0 Å². The second kappa shape index (κ2) is 12.2. The fourth-order valence-electron chi connectivity index (χ4n) is 3.66. The minimum atomic E-state index is -1.71. The summed E-state index contributed by atoms with van der Waals surface area (Å²) in [6.45, 7) is 3.99. The fraction of sp³-hybridized carbons (Fsp3) is 0.292. The first-order valence-electron chi connectivity index (χ1n) is 11.3. The van der Waals surface area contributed by atoms with E-state index >= 15 is 0 Å². The van der Waals surface area contributed by atoms with Crippen molar-refractivity contribution < 1.29 is 18.8 Å². The van der Waals surface area contributed by atoms with E-state index < -0.39 is 22.7 Å². The molecule has 3 unspecified atom stereocenters. The number of nitrogens with zero attached hydrogens (tertiary/aromatic N) is 6. The zero-order chi connectivity index (χ0) is 26.4. The van der Waals surface area contributed by atoms with E-state index in [1.807, 2.05) is 13.0 Å². The van der Waals surface area contributed by atoms with Crippen LogP contribution in [0.2, 0.25) is 5.02 Å². The SMILES string of the molecule is CCOC(c1ncc(Cl)cn1)C(C)[S+]([O-])Nc1nnc(-c2cccnc2)n1-c1c(OC)cccc1OC. The fourth-order valence-corrected chi connectivity index (χ4v) is 4.68. The van der Waals surface area contributed by atoms with Crippen LogP contribution in [-0.4, -0.2) is 60.3 Å². The van der Waals surface area contributed by atoms with E-state index in [2.05, 4.69) is 29.9 Å². The van der Waals surface area contributed by atoms with Gasteiger partial charge in [-0.15, -0.1) is 10.2 Å². The monoisotopic (exact) mass is 543 g/mol. The second-order valence-corrected chi connectivity index (χ2v) is 9.65. The molecule has 0 amide bonds. The van der Waals surface area contributed by atoms with Crippen molar-refractivity contribution in [2.75, 3.05) is 25.5 Å². The maximum absolute atomic E-state index is 13.6. The van der Waals surface area contributed by atoms with Gasteiger partial charge >= 0.3 is 0 Å². The quantitative estimate of drug-likeness (QED) is 0.276. The van der Waals surface area contributed by atoms with E-state index in [1.54, 1.807) is 62.4 Å². The van der Waals surface area contributed by atoms with Gasteiger partial charge < -0.3 is 18.8 Å². The first kappa shape index (κ1) is 26.6. The van der Waals surface area contributed by atoms with Crippen molar-refractivity contribution in [2.45, 2.75) is 25.2 Å². The first-order chi connectivity index (χ1) is 18.0. The lowest BCUT2D eigenvalue weighted by molar-refractivity contribution is 0.0558. The number of anilines is 1. The molecule has 0 aliphatic heterocycles. The Labute approximate surface area is 222 Å². The molecule has 0 bridgehead atoms. The maximum Gasteiger partial charge on any atom is 0.271 e. The minimum absolute atomic E-state index is 0.208. The molecule has 1 aromatic carbocycles. The summed E-state index contributed by atoms with van der Waals surface area (Å²) in [5, 5.41) is 8.50. The molecule has 0 fully saturated rings. The summed E-state index contributed by atoms with van der Waals surface area (Å²) < 4.78 is 35.4.